The molecule has 0 heterocycles. The molecule has 0 atom stereocenters. The first-order chi connectivity index (χ1) is 12.7. The zero-order valence-electron chi connectivity index (χ0n) is 14.7. The second-order valence-corrected chi connectivity index (χ2v) is 6.56. The van der Waals surface area contributed by atoms with Crippen molar-refractivity contribution < 1.29 is 4.92 Å². The van der Waals surface area contributed by atoms with Gasteiger partial charge in [-0.2, -0.15) is 0 Å². The van der Waals surface area contributed by atoms with Crippen molar-refractivity contribution in [1.29, 1.82) is 0 Å². The molecule has 1 fully saturated rings. The molecule has 2 aromatic rings. The minimum atomic E-state index is -0.394. The maximum atomic E-state index is 10.8. The van der Waals surface area contributed by atoms with Crippen LogP contribution in [-0.2, 0) is 6.54 Å². The summed E-state index contributed by atoms with van der Waals surface area (Å²) in [7, 11) is 0. The highest BCUT2D eigenvalue weighted by Gasteiger charge is 2.15. The Balaban J connectivity index is 1.71. The average Bonchev–Trinajstić information content (AvgIpc) is 2.68. The van der Waals surface area contributed by atoms with E-state index in [0.717, 1.165) is 30.1 Å². The molecule has 3 rings (SSSR count). The van der Waals surface area contributed by atoms with E-state index in [2.05, 4.69) is 10.6 Å². The molecule has 6 heteroatoms. The second-order valence-electron chi connectivity index (χ2n) is 6.56. The van der Waals surface area contributed by atoms with E-state index in [1.165, 1.54) is 31.4 Å². The van der Waals surface area contributed by atoms with Gasteiger partial charge in [0.2, 0.25) is 0 Å². The van der Waals surface area contributed by atoms with Gasteiger partial charge in [-0.15, -0.1) is 0 Å². The lowest BCUT2D eigenvalue weighted by Crippen LogP contribution is -2.40. The average molecular weight is 352 g/mol. The van der Waals surface area contributed by atoms with Crippen molar-refractivity contribution in [2.45, 2.75) is 44.7 Å². The highest BCUT2D eigenvalue weighted by atomic mass is 16.6. The Labute approximate surface area is 153 Å². The number of guanidine groups is 1. The van der Waals surface area contributed by atoms with Crippen LogP contribution >= 0.6 is 0 Å². The third kappa shape index (κ3) is 5.31. The fourth-order valence-electron chi connectivity index (χ4n) is 3.12. The number of hydrogen-bond acceptors (Lipinski definition) is 3. The number of non-ortho nitro benzene ring substituents is 1. The van der Waals surface area contributed by atoms with Crippen LogP contribution in [0.5, 0.6) is 0 Å². The number of benzene rings is 2. The molecule has 1 aliphatic rings. The van der Waals surface area contributed by atoms with Crippen molar-refractivity contribution in [3.63, 3.8) is 0 Å². The lowest BCUT2D eigenvalue weighted by atomic mass is 9.96. The largest absolute Gasteiger partial charge is 0.353 e. The van der Waals surface area contributed by atoms with Gasteiger partial charge in [-0.1, -0.05) is 49.6 Å². The molecule has 0 radical (unpaired) electrons. The Kier molecular flexibility index (Phi) is 6.19. The first-order valence-electron chi connectivity index (χ1n) is 9.07. The lowest BCUT2D eigenvalue weighted by molar-refractivity contribution is -0.384. The van der Waals surface area contributed by atoms with E-state index < -0.39 is 4.92 Å². The summed E-state index contributed by atoms with van der Waals surface area (Å²) in [6.07, 6.45) is 6.06. The molecule has 0 unspecified atom stereocenters. The van der Waals surface area contributed by atoms with Crippen molar-refractivity contribution in [2.24, 2.45) is 4.99 Å². The van der Waals surface area contributed by atoms with E-state index in [1.54, 1.807) is 12.1 Å². The number of nitro groups is 1. The molecule has 0 amide bonds. The molecule has 0 aliphatic heterocycles. The number of rotatable bonds is 5. The van der Waals surface area contributed by atoms with Crippen LogP contribution < -0.4 is 10.6 Å². The minimum Gasteiger partial charge on any atom is -0.353 e. The Morgan fingerprint density at radius 2 is 1.73 bits per heavy atom. The lowest BCUT2D eigenvalue weighted by Gasteiger charge is -2.25. The summed E-state index contributed by atoms with van der Waals surface area (Å²) in [4.78, 5) is 15.1. The topological polar surface area (TPSA) is 79.6 Å². The van der Waals surface area contributed by atoms with Gasteiger partial charge >= 0.3 is 0 Å². The van der Waals surface area contributed by atoms with E-state index >= 15 is 0 Å². The number of nitrogens with zero attached hydrogens (tertiary/aromatic N) is 2. The van der Waals surface area contributed by atoms with Crippen LogP contribution in [0.1, 0.15) is 37.7 Å². The van der Waals surface area contributed by atoms with Gasteiger partial charge in [0.15, 0.2) is 5.96 Å². The number of aliphatic imine (C=N–C) groups is 1. The van der Waals surface area contributed by atoms with Crippen LogP contribution in [0, 0.1) is 10.1 Å². The monoisotopic (exact) mass is 352 g/mol. The van der Waals surface area contributed by atoms with Crippen molar-refractivity contribution >= 4 is 17.3 Å². The van der Waals surface area contributed by atoms with Crippen molar-refractivity contribution in [2.75, 3.05) is 5.32 Å². The molecule has 1 saturated carbocycles. The van der Waals surface area contributed by atoms with Crippen LogP contribution in [0.25, 0.3) is 0 Å². The maximum absolute atomic E-state index is 10.8. The van der Waals surface area contributed by atoms with Crippen LogP contribution in [0.3, 0.4) is 0 Å². The molecule has 0 aromatic heterocycles. The van der Waals surface area contributed by atoms with E-state index in [0.29, 0.717) is 12.6 Å². The van der Waals surface area contributed by atoms with Gasteiger partial charge < -0.3 is 10.6 Å². The predicted molar refractivity (Wildman–Crippen MR) is 104 cm³/mol. The molecule has 2 aromatic carbocycles. The van der Waals surface area contributed by atoms with Gasteiger partial charge in [-0.05, 0) is 30.5 Å². The van der Waals surface area contributed by atoms with Gasteiger partial charge in [0.05, 0.1) is 11.5 Å². The van der Waals surface area contributed by atoms with E-state index in [-0.39, 0.29) is 5.69 Å². The Hall–Kier alpha value is -2.89. The molecule has 0 spiro atoms. The van der Waals surface area contributed by atoms with Gasteiger partial charge in [-0.3, -0.25) is 10.1 Å². The van der Waals surface area contributed by atoms with Gasteiger partial charge in [0.25, 0.3) is 5.69 Å². The molecule has 2 N–H and O–H groups in total. The third-order valence-corrected chi connectivity index (χ3v) is 4.55. The number of nitro benzene ring substituents is 1. The summed E-state index contributed by atoms with van der Waals surface area (Å²) in [6, 6.07) is 16.9. The van der Waals surface area contributed by atoms with Crippen LogP contribution in [0.2, 0.25) is 0 Å². The van der Waals surface area contributed by atoms with Crippen molar-refractivity contribution in [3.05, 3.63) is 70.3 Å². The Morgan fingerprint density at radius 3 is 2.38 bits per heavy atom. The summed E-state index contributed by atoms with van der Waals surface area (Å²) < 4.78 is 0. The molecular formula is C20H24N4O2. The van der Waals surface area contributed by atoms with Gasteiger partial charge in [0.1, 0.15) is 0 Å². The van der Waals surface area contributed by atoms with Crippen LogP contribution in [0.4, 0.5) is 11.4 Å². The second kappa shape index (κ2) is 8.99. The van der Waals surface area contributed by atoms with Crippen molar-refractivity contribution in [1.82, 2.24) is 5.32 Å². The predicted octanol–water partition coefficient (Wildman–Crippen LogP) is 4.49. The Morgan fingerprint density at radius 1 is 1.04 bits per heavy atom. The quantitative estimate of drug-likeness (QED) is 0.360. The van der Waals surface area contributed by atoms with E-state index in [4.69, 9.17) is 4.99 Å². The highest BCUT2D eigenvalue weighted by Crippen LogP contribution is 2.19. The molecule has 0 bridgehead atoms. The standard InChI is InChI=1S/C20H24N4O2/c25-24(26)19-13-11-18(12-14-19)23-20(22-17-9-5-2-6-10-17)21-15-16-7-3-1-4-8-16/h1,3-4,7-8,11-14,17H,2,5-6,9-10,15H2,(H2,21,22,23). The summed E-state index contributed by atoms with van der Waals surface area (Å²) >= 11 is 0. The summed E-state index contributed by atoms with van der Waals surface area (Å²) in [6.45, 7) is 0.579. The number of hydrogen-bond donors (Lipinski definition) is 2. The Bertz CT molecular complexity index is 738. The third-order valence-electron chi connectivity index (χ3n) is 4.55. The fraction of sp³-hybridized carbons (Fsp3) is 0.350. The summed E-state index contributed by atoms with van der Waals surface area (Å²) in [5.74, 6) is 0.717. The molecule has 136 valence electrons. The van der Waals surface area contributed by atoms with Crippen molar-refractivity contribution in [3.8, 4) is 0 Å². The first kappa shape index (κ1) is 17.9. The molecular weight excluding hydrogens is 328 g/mol. The first-order valence-corrected chi connectivity index (χ1v) is 9.07. The van der Waals surface area contributed by atoms with E-state index in [1.807, 2.05) is 30.3 Å². The zero-order chi connectivity index (χ0) is 18.2. The summed E-state index contributed by atoms with van der Waals surface area (Å²) in [5.41, 5.74) is 2.00. The van der Waals surface area contributed by atoms with Gasteiger partial charge in [0, 0.05) is 23.9 Å². The zero-order valence-corrected chi connectivity index (χ0v) is 14.7. The molecule has 26 heavy (non-hydrogen) atoms. The fourth-order valence-corrected chi connectivity index (χ4v) is 3.12. The normalized spacial score (nSPS) is 15.5. The van der Waals surface area contributed by atoms with E-state index in [9.17, 15) is 10.1 Å². The maximum Gasteiger partial charge on any atom is 0.269 e. The molecule has 0 saturated heterocycles. The van der Waals surface area contributed by atoms with Crippen LogP contribution in [-0.4, -0.2) is 16.9 Å². The SMILES string of the molecule is O=[N+]([O-])c1ccc(NC(=NCc2ccccc2)NC2CCCCC2)cc1. The van der Waals surface area contributed by atoms with Crippen LogP contribution in [0.15, 0.2) is 59.6 Å². The smallest absolute Gasteiger partial charge is 0.269 e. The molecule has 6 nitrogen and oxygen atoms in total. The minimum absolute atomic E-state index is 0.0820. The highest BCUT2D eigenvalue weighted by molar-refractivity contribution is 5.93. The van der Waals surface area contributed by atoms with Gasteiger partial charge in [-0.25, -0.2) is 4.99 Å². The number of nitrogens with one attached hydrogen (secondary N) is 2. The molecule has 1 aliphatic carbocycles. The number of anilines is 1. The summed E-state index contributed by atoms with van der Waals surface area (Å²) in [5, 5.41) is 17.6.